The molecule has 1 saturated heterocycles. The fourth-order valence-corrected chi connectivity index (χ4v) is 3.59. The van der Waals surface area contributed by atoms with Crippen molar-refractivity contribution < 1.29 is 14.3 Å². The van der Waals surface area contributed by atoms with E-state index in [1.54, 1.807) is 19.0 Å². The lowest BCUT2D eigenvalue weighted by Crippen LogP contribution is -2.45. The van der Waals surface area contributed by atoms with Crippen molar-refractivity contribution in [3.63, 3.8) is 0 Å². The Kier molecular flexibility index (Phi) is 10.6. The molecule has 0 spiro atoms. The second-order valence-corrected chi connectivity index (χ2v) is 7.92. The molecule has 1 unspecified atom stereocenters. The van der Waals surface area contributed by atoms with E-state index < -0.39 is 0 Å². The van der Waals surface area contributed by atoms with Crippen LogP contribution in [-0.4, -0.2) is 81.8 Å². The fraction of sp³-hybridized carbons (Fsp3) is 0.565. The molecular formula is C23H35IN4O3. The molecule has 3 rings (SSSR count). The lowest BCUT2D eigenvalue weighted by atomic mass is 9.99. The van der Waals surface area contributed by atoms with Gasteiger partial charge in [0.25, 0.3) is 0 Å². The van der Waals surface area contributed by atoms with E-state index in [9.17, 15) is 4.79 Å². The molecule has 31 heavy (non-hydrogen) atoms. The molecule has 0 radical (unpaired) electrons. The normalized spacial score (nSPS) is 18.8. The van der Waals surface area contributed by atoms with E-state index in [1.807, 2.05) is 19.1 Å². The Balaban J connectivity index is 0.00000341. The summed E-state index contributed by atoms with van der Waals surface area (Å²) >= 11 is 0. The molecule has 1 aromatic carbocycles. The van der Waals surface area contributed by atoms with E-state index in [-0.39, 0.29) is 36.4 Å². The maximum Gasteiger partial charge on any atom is 0.243 e. The lowest BCUT2D eigenvalue weighted by molar-refractivity contribution is -0.127. The van der Waals surface area contributed by atoms with E-state index in [4.69, 9.17) is 9.47 Å². The second-order valence-electron chi connectivity index (χ2n) is 7.92. The van der Waals surface area contributed by atoms with E-state index in [0.717, 1.165) is 57.4 Å². The molecule has 8 heteroatoms. The van der Waals surface area contributed by atoms with Gasteiger partial charge >= 0.3 is 0 Å². The van der Waals surface area contributed by atoms with Crippen molar-refractivity contribution in [3.05, 3.63) is 35.9 Å². The Hall–Kier alpha value is -1.81. The molecule has 1 atom stereocenters. The summed E-state index contributed by atoms with van der Waals surface area (Å²) in [7, 11) is 3.51. The Morgan fingerprint density at radius 2 is 2.10 bits per heavy atom. The lowest BCUT2D eigenvalue weighted by Gasteiger charge is -2.30. The number of carbonyl (C=O) groups is 1. The quantitative estimate of drug-likeness (QED) is 0.326. The Bertz CT molecular complexity index is 759. The zero-order chi connectivity index (χ0) is 21.3. The number of nitrogens with zero attached hydrogens (tertiary/aromatic N) is 3. The van der Waals surface area contributed by atoms with Gasteiger partial charge in [0.05, 0.1) is 13.2 Å². The van der Waals surface area contributed by atoms with Crippen LogP contribution in [0.4, 0.5) is 0 Å². The third kappa shape index (κ3) is 7.68. The number of hydrogen-bond acceptors (Lipinski definition) is 4. The molecule has 2 aliphatic heterocycles. The minimum absolute atomic E-state index is 0. The average molecular weight is 542 g/mol. The third-order valence-corrected chi connectivity index (χ3v) is 5.48. The molecule has 1 fully saturated rings. The van der Waals surface area contributed by atoms with Crippen LogP contribution in [0.2, 0.25) is 0 Å². The molecule has 172 valence electrons. The van der Waals surface area contributed by atoms with Gasteiger partial charge in [-0.1, -0.05) is 18.2 Å². The van der Waals surface area contributed by atoms with Gasteiger partial charge in [-0.3, -0.25) is 4.79 Å². The highest BCUT2D eigenvalue weighted by Crippen LogP contribution is 2.24. The molecule has 7 nitrogen and oxygen atoms in total. The zero-order valence-electron chi connectivity index (χ0n) is 18.8. The second kappa shape index (κ2) is 12.9. The van der Waals surface area contributed by atoms with Crippen LogP contribution in [0.25, 0.3) is 5.57 Å². The van der Waals surface area contributed by atoms with Gasteiger partial charge in [-0.15, -0.1) is 24.0 Å². The number of nitrogens with one attached hydrogen (secondary N) is 1. The van der Waals surface area contributed by atoms with Crippen molar-refractivity contribution in [2.75, 3.05) is 60.1 Å². The fourth-order valence-electron chi connectivity index (χ4n) is 3.59. The van der Waals surface area contributed by atoms with Crippen LogP contribution >= 0.6 is 24.0 Å². The van der Waals surface area contributed by atoms with Gasteiger partial charge in [-0.25, -0.2) is 4.99 Å². The molecule has 0 bridgehead atoms. The maximum atomic E-state index is 12.0. The van der Waals surface area contributed by atoms with Gasteiger partial charge in [0, 0.05) is 46.3 Å². The summed E-state index contributed by atoms with van der Waals surface area (Å²) in [5, 5.41) is 3.48. The Morgan fingerprint density at radius 3 is 2.68 bits per heavy atom. The first-order valence-corrected chi connectivity index (χ1v) is 10.8. The molecule has 0 aliphatic carbocycles. The van der Waals surface area contributed by atoms with Crippen molar-refractivity contribution in [3.8, 4) is 5.75 Å². The van der Waals surface area contributed by atoms with Crippen molar-refractivity contribution in [2.45, 2.75) is 19.8 Å². The van der Waals surface area contributed by atoms with Crippen molar-refractivity contribution in [1.29, 1.82) is 0 Å². The highest BCUT2D eigenvalue weighted by molar-refractivity contribution is 14.0. The Morgan fingerprint density at radius 1 is 1.32 bits per heavy atom. The van der Waals surface area contributed by atoms with Gasteiger partial charge in [0.1, 0.15) is 12.3 Å². The number of likely N-dealkylation sites (N-methyl/N-ethyl adjacent to an activating group) is 1. The number of carbonyl (C=O) groups excluding carboxylic acids is 1. The highest BCUT2D eigenvalue weighted by Gasteiger charge is 2.20. The van der Waals surface area contributed by atoms with E-state index >= 15 is 0 Å². The number of halogens is 1. The maximum absolute atomic E-state index is 12.0. The number of guanidine groups is 1. The number of rotatable bonds is 7. The SMILES string of the molecule is CCOc1ccc(C2=CCN(C(=NCC(=O)N(C)C)NCC3CCOC3)CC2)cc1.I. The largest absolute Gasteiger partial charge is 0.494 e. The first-order chi connectivity index (χ1) is 14.6. The number of benzene rings is 1. The van der Waals surface area contributed by atoms with E-state index in [2.05, 4.69) is 33.4 Å². The molecule has 1 amide bonds. The predicted octanol–water partition coefficient (Wildman–Crippen LogP) is 2.86. The van der Waals surface area contributed by atoms with Crippen molar-refractivity contribution >= 4 is 41.4 Å². The average Bonchev–Trinajstić information content (AvgIpc) is 3.28. The predicted molar refractivity (Wildman–Crippen MR) is 135 cm³/mol. The third-order valence-electron chi connectivity index (χ3n) is 5.48. The summed E-state index contributed by atoms with van der Waals surface area (Å²) < 4.78 is 11.0. The standard InChI is InChI=1S/C23H34N4O3.HI/c1-4-30-21-7-5-19(6-8-21)20-9-12-27(13-10-20)23(25-16-22(28)26(2)3)24-15-18-11-14-29-17-18;/h5-9,18H,4,10-17H2,1-3H3,(H,24,25);1H. The monoisotopic (exact) mass is 542 g/mol. The number of ether oxygens (including phenoxy) is 2. The van der Waals surface area contributed by atoms with Crippen LogP contribution in [-0.2, 0) is 9.53 Å². The molecule has 2 aliphatic rings. The minimum Gasteiger partial charge on any atom is -0.494 e. The van der Waals surface area contributed by atoms with Gasteiger partial charge in [-0.05, 0) is 43.0 Å². The van der Waals surface area contributed by atoms with Crippen LogP contribution in [0.3, 0.4) is 0 Å². The van der Waals surface area contributed by atoms with Crippen LogP contribution in [0.5, 0.6) is 5.75 Å². The van der Waals surface area contributed by atoms with Crippen LogP contribution < -0.4 is 10.1 Å². The van der Waals surface area contributed by atoms with Crippen molar-refractivity contribution in [2.24, 2.45) is 10.9 Å². The van der Waals surface area contributed by atoms with Gasteiger partial charge in [-0.2, -0.15) is 0 Å². The molecule has 1 N–H and O–H groups in total. The molecule has 0 aromatic heterocycles. The van der Waals surface area contributed by atoms with E-state index in [0.29, 0.717) is 12.5 Å². The summed E-state index contributed by atoms with van der Waals surface area (Å²) in [6.07, 6.45) is 4.25. The van der Waals surface area contributed by atoms with E-state index in [1.165, 1.54) is 11.1 Å². The van der Waals surface area contributed by atoms with Crippen LogP contribution in [0.15, 0.2) is 35.3 Å². The summed E-state index contributed by atoms with van der Waals surface area (Å²) in [5.74, 6) is 2.21. The smallest absolute Gasteiger partial charge is 0.243 e. The van der Waals surface area contributed by atoms with Crippen LogP contribution in [0.1, 0.15) is 25.3 Å². The van der Waals surface area contributed by atoms with Crippen molar-refractivity contribution in [1.82, 2.24) is 15.1 Å². The summed E-state index contributed by atoms with van der Waals surface area (Å²) in [6, 6.07) is 8.29. The molecule has 0 saturated carbocycles. The molecular weight excluding hydrogens is 507 g/mol. The summed E-state index contributed by atoms with van der Waals surface area (Å²) in [5.41, 5.74) is 2.57. The summed E-state index contributed by atoms with van der Waals surface area (Å²) in [6.45, 7) is 6.90. The van der Waals surface area contributed by atoms with Gasteiger partial charge in [0.15, 0.2) is 5.96 Å². The summed E-state index contributed by atoms with van der Waals surface area (Å²) in [4.78, 5) is 20.4. The number of hydrogen-bond donors (Lipinski definition) is 1. The highest BCUT2D eigenvalue weighted by atomic mass is 127. The molecule has 1 aromatic rings. The van der Waals surface area contributed by atoms with Crippen LogP contribution in [0, 0.1) is 5.92 Å². The molecule has 2 heterocycles. The number of aliphatic imine (C=N–C) groups is 1. The zero-order valence-corrected chi connectivity index (χ0v) is 21.1. The van der Waals surface area contributed by atoms with Gasteiger partial charge in [0.2, 0.25) is 5.91 Å². The first kappa shape index (κ1) is 25.5. The first-order valence-electron chi connectivity index (χ1n) is 10.8. The topological polar surface area (TPSA) is 66.4 Å². The number of amides is 1. The van der Waals surface area contributed by atoms with Gasteiger partial charge < -0.3 is 24.6 Å². The Labute approximate surface area is 202 Å². The minimum atomic E-state index is 0.